The highest BCUT2D eigenvalue weighted by Gasteiger charge is 2.40. The van der Waals surface area contributed by atoms with Crippen molar-refractivity contribution < 1.29 is 4.74 Å². The van der Waals surface area contributed by atoms with Crippen LogP contribution in [0.1, 0.15) is 25.0 Å². The molecule has 0 bridgehead atoms. The Hall–Kier alpha value is -0.670. The Kier molecular flexibility index (Phi) is 3.41. The van der Waals surface area contributed by atoms with Crippen LogP contribution in [-0.4, -0.2) is 24.7 Å². The van der Waals surface area contributed by atoms with Gasteiger partial charge in [-0.15, -0.1) is 0 Å². The number of rotatable bonds is 2. The molecule has 94 valence electrons. The average Bonchev–Trinajstić information content (AvgIpc) is 2.33. The lowest BCUT2D eigenvalue weighted by atomic mass is 9.69. The fourth-order valence-electron chi connectivity index (χ4n) is 2.68. The summed E-state index contributed by atoms with van der Waals surface area (Å²) in [7, 11) is 1.71. The second kappa shape index (κ2) is 4.54. The lowest BCUT2D eigenvalue weighted by Gasteiger charge is -2.43. The van der Waals surface area contributed by atoms with E-state index in [1.54, 1.807) is 7.11 Å². The third kappa shape index (κ3) is 2.06. The number of thioether (sulfide) groups is 1. The molecule has 0 aliphatic heterocycles. The molecule has 1 aromatic rings. The van der Waals surface area contributed by atoms with Crippen molar-refractivity contribution in [1.82, 2.24) is 0 Å². The summed E-state index contributed by atoms with van der Waals surface area (Å²) in [4.78, 5) is 0. The molecule has 3 heteroatoms. The average molecular weight is 251 g/mol. The van der Waals surface area contributed by atoms with Crippen LogP contribution < -0.4 is 10.5 Å². The number of hydrogen-bond donors (Lipinski definition) is 1. The van der Waals surface area contributed by atoms with Gasteiger partial charge in [-0.2, -0.15) is 11.8 Å². The van der Waals surface area contributed by atoms with Crippen LogP contribution in [0, 0.1) is 0 Å². The van der Waals surface area contributed by atoms with Crippen LogP contribution in [0.4, 0.5) is 0 Å². The number of nitrogens with two attached hydrogens (primary N) is 1. The van der Waals surface area contributed by atoms with E-state index in [2.05, 4.69) is 32.2 Å². The standard InChI is InChI=1S/C14H21NOS/c1-14(2)11-8-10(16-3)6-5-9(11)7-12(17-4)13(14)15/h5-6,8,12-13H,7,15H2,1-4H3/t12-,13-/m0/s1. The summed E-state index contributed by atoms with van der Waals surface area (Å²) < 4.78 is 5.32. The molecular formula is C14H21NOS. The summed E-state index contributed by atoms with van der Waals surface area (Å²) in [5.74, 6) is 0.923. The summed E-state index contributed by atoms with van der Waals surface area (Å²) in [5.41, 5.74) is 9.18. The van der Waals surface area contributed by atoms with Gasteiger partial charge >= 0.3 is 0 Å². The zero-order valence-electron chi connectivity index (χ0n) is 11.0. The van der Waals surface area contributed by atoms with Crippen LogP contribution in [0.2, 0.25) is 0 Å². The molecule has 17 heavy (non-hydrogen) atoms. The van der Waals surface area contributed by atoms with Gasteiger partial charge in [0, 0.05) is 16.7 Å². The minimum absolute atomic E-state index is 0.00972. The largest absolute Gasteiger partial charge is 0.497 e. The van der Waals surface area contributed by atoms with Gasteiger partial charge in [0.05, 0.1) is 7.11 Å². The number of fused-ring (bicyclic) bond motifs is 1. The first-order chi connectivity index (χ1) is 8.00. The fraction of sp³-hybridized carbons (Fsp3) is 0.571. The second-order valence-corrected chi connectivity index (χ2v) is 6.33. The molecule has 0 fully saturated rings. The molecule has 0 unspecified atom stereocenters. The van der Waals surface area contributed by atoms with E-state index < -0.39 is 0 Å². The van der Waals surface area contributed by atoms with Gasteiger partial charge in [0.1, 0.15) is 5.75 Å². The molecule has 0 aromatic heterocycles. The van der Waals surface area contributed by atoms with E-state index in [1.807, 2.05) is 17.8 Å². The van der Waals surface area contributed by atoms with E-state index in [4.69, 9.17) is 10.5 Å². The first kappa shape index (κ1) is 12.8. The summed E-state index contributed by atoms with van der Waals surface area (Å²) in [5, 5.41) is 0.505. The quantitative estimate of drug-likeness (QED) is 0.877. The van der Waals surface area contributed by atoms with E-state index >= 15 is 0 Å². The van der Waals surface area contributed by atoms with Crippen LogP contribution in [-0.2, 0) is 11.8 Å². The maximum Gasteiger partial charge on any atom is 0.119 e. The van der Waals surface area contributed by atoms with Gasteiger partial charge < -0.3 is 10.5 Å². The minimum atomic E-state index is 0.00972. The van der Waals surface area contributed by atoms with Crippen LogP contribution in [0.15, 0.2) is 18.2 Å². The lowest BCUT2D eigenvalue weighted by Crippen LogP contribution is -2.52. The Labute approximate surface area is 108 Å². The van der Waals surface area contributed by atoms with Gasteiger partial charge in [-0.05, 0) is 35.9 Å². The normalized spacial score (nSPS) is 26.4. The summed E-state index contributed by atoms with van der Waals surface area (Å²) in [6, 6.07) is 6.57. The van der Waals surface area contributed by atoms with Crippen molar-refractivity contribution in [3.63, 3.8) is 0 Å². The van der Waals surface area contributed by atoms with Gasteiger partial charge in [-0.1, -0.05) is 19.9 Å². The first-order valence-electron chi connectivity index (χ1n) is 5.96. The molecule has 2 nitrogen and oxygen atoms in total. The van der Waals surface area contributed by atoms with Crippen molar-refractivity contribution in [1.29, 1.82) is 0 Å². The third-order valence-electron chi connectivity index (χ3n) is 3.97. The molecule has 2 atom stereocenters. The second-order valence-electron chi connectivity index (χ2n) is 5.25. The Bertz CT molecular complexity index is 417. The van der Waals surface area contributed by atoms with E-state index in [0.717, 1.165) is 12.2 Å². The maximum atomic E-state index is 6.41. The van der Waals surface area contributed by atoms with Gasteiger partial charge in [0.25, 0.3) is 0 Å². The first-order valence-corrected chi connectivity index (χ1v) is 7.25. The van der Waals surface area contributed by atoms with E-state index in [1.165, 1.54) is 11.1 Å². The van der Waals surface area contributed by atoms with Gasteiger partial charge in [-0.25, -0.2) is 0 Å². The van der Waals surface area contributed by atoms with Crippen LogP contribution in [0.25, 0.3) is 0 Å². The van der Waals surface area contributed by atoms with E-state index in [-0.39, 0.29) is 11.5 Å². The zero-order valence-corrected chi connectivity index (χ0v) is 11.8. The Morgan fingerprint density at radius 1 is 1.41 bits per heavy atom. The molecule has 0 spiro atoms. The highest BCUT2D eigenvalue weighted by atomic mass is 32.2. The number of benzene rings is 1. The van der Waals surface area contributed by atoms with Crippen LogP contribution >= 0.6 is 11.8 Å². The molecule has 1 aliphatic rings. The van der Waals surface area contributed by atoms with Crippen molar-refractivity contribution in [2.24, 2.45) is 5.73 Å². The van der Waals surface area contributed by atoms with Gasteiger partial charge in [0.15, 0.2) is 0 Å². The monoisotopic (exact) mass is 251 g/mol. The molecule has 0 saturated carbocycles. The van der Waals surface area contributed by atoms with Crippen LogP contribution in [0.3, 0.4) is 0 Å². The highest BCUT2D eigenvalue weighted by Crippen LogP contribution is 2.40. The summed E-state index contributed by atoms with van der Waals surface area (Å²) in [6.45, 7) is 4.47. The van der Waals surface area contributed by atoms with Crippen molar-refractivity contribution >= 4 is 11.8 Å². The molecule has 2 rings (SSSR count). The molecule has 0 saturated heterocycles. The van der Waals surface area contributed by atoms with Gasteiger partial charge in [-0.3, -0.25) is 0 Å². The van der Waals surface area contributed by atoms with Crippen molar-refractivity contribution in [2.45, 2.75) is 37.0 Å². The Morgan fingerprint density at radius 2 is 2.12 bits per heavy atom. The maximum absolute atomic E-state index is 6.41. The number of methoxy groups -OCH3 is 1. The predicted molar refractivity (Wildman–Crippen MR) is 75.0 cm³/mol. The van der Waals surface area contributed by atoms with Crippen LogP contribution in [0.5, 0.6) is 5.75 Å². The predicted octanol–water partition coefficient (Wildman–Crippen LogP) is 2.59. The Balaban J connectivity index is 2.49. The molecular weight excluding hydrogens is 230 g/mol. The summed E-state index contributed by atoms with van der Waals surface area (Å²) >= 11 is 1.87. The minimum Gasteiger partial charge on any atom is -0.497 e. The van der Waals surface area contributed by atoms with Crippen molar-refractivity contribution in [3.05, 3.63) is 29.3 Å². The SMILES string of the molecule is COc1ccc2c(c1)C(C)(C)[C@@H](N)[C@@H](SC)C2. The van der Waals surface area contributed by atoms with E-state index in [0.29, 0.717) is 5.25 Å². The van der Waals surface area contributed by atoms with E-state index in [9.17, 15) is 0 Å². The molecule has 2 N–H and O–H groups in total. The lowest BCUT2D eigenvalue weighted by molar-refractivity contribution is 0.366. The fourth-order valence-corrected chi connectivity index (χ4v) is 3.66. The van der Waals surface area contributed by atoms with Gasteiger partial charge in [0.2, 0.25) is 0 Å². The molecule has 1 aromatic carbocycles. The van der Waals surface area contributed by atoms with Crippen molar-refractivity contribution in [2.75, 3.05) is 13.4 Å². The smallest absolute Gasteiger partial charge is 0.119 e. The molecule has 0 amide bonds. The van der Waals surface area contributed by atoms with Crippen molar-refractivity contribution in [3.8, 4) is 5.75 Å². The topological polar surface area (TPSA) is 35.2 Å². The number of ether oxygens (including phenoxy) is 1. The summed E-state index contributed by atoms with van der Waals surface area (Å²) in [6.07, 6.45) is 3.21. The molecule has 0 heterocycles. The molecule has 1 aliphatic carbocycles. The molecule has 0 radical (unpaired) electrons. The zero-order chi connectivity index (χ0) is 12.6. The number of hydrogen-bond acceptors (Lipinski definition) is 3. The third-order valence-corrected chi connectivity index (χ3v) is 5.03. The highest BCUT2D eigenvalue weighted by molar-refractivity contribution is 7.99. The Morgan fingerprint density at radius 3 is 2.71 bits per heavy atom.